The van der Waals surface area contributed by atoms with Crippen LogP contribution in [0.5, 0.6) is 6.01 Å². The Hall–Kier alpha value is -3.82. The third-order valence-electron chi connectivity index (χ3n) is 8.43. The van der Waals surface area contributed by atoms with Crippen molar-refractivity contribution in [2.24, 2.45) is 0 Å². The monoisotopic (exact) mass is 572 g/mol. The van der Waals surface area contributed by atoms with Crippen molar-refractivity contribution in [2.75, 3.05) is 44.2 Å². The van der Waals surface area contributed by atoms with E-state index in [1.165, 1.54) is 18.9 Å². The van der Waals surface area contributed by atoms with Crippen molar-refractivity contribution in [3.05, 3.63) is 66.1 Å². The van der Waals surface area contributed by atoms with Crippen molar-refractivity contribution in [1.82, 2.24) is 24.8 Å². The second-order valence-corrected chi connectivity index (χ2v) is 11.3. The van der Waals surface area contributed by atoms with Crippen LogP contribution in [0.1, 0.15) is 19.3 Å². The normalized spacial score (nSPS) is 19.4. The lowest BCUT2D eigenvalue weighted by Crippen LogP contribution is -2.52. The molecule has 0 spiro atoms. The van der Waals surface area contributed by atoms with Crippen LogP contribution in [0.25, 0.3) is 32.9 Å². The van der Waals surface area contributed by atoms with E-state index in [2.05, 4.69) is 21.4 Å². The highest BCUT2D eigenvalue weighted by Crippen LogP contribution is 2.38. The maximum atomic E-state index is 16.5. The molecule has 1 amide bonds. The van der Waals surface area contributed by atoms with Crippen LogP contribution >= 0.6 is 11.6 Å². The molecule has 1 unspecified atom stereocenters. The lowest BCUT2D eigenvalue weighted by Gasteiger charge is -2.40. The lowest BCUT2D eigenvalue weighted by atomic mass is 10.0. The zero-order chi connectivity index (χ0) is 28.1. The summed E-state index contributed by atoms with van der Waals surface area (Å²) in [7, 11) is 0. The zero-order valence-electron chi connectivity index (χ0n) is 22.6. The van der Waals surface area contributed by atoms with Gasteiger partial charge < -0.3 is 14.5 Å². The first kappa shape index (κ1) is 26.1. The van der Waals surface area contributed by atoms with Crippen LogP contribution in [-0.2, 0) is 4.79 Å². The van der Waals surface area contributed by atoms with Crippen LogP contribution in [-0.4, -0.2) is 82.1 Å². The van der Waals surface area contributed by atoms with Gasteiger partial charge in [-0.2, -0.15) is 9.97 Å². The van der Waals surface area contributed by atoms with Crippen LogP contribution < -0.4 is 9.64 Å². The Kier molecular flexibility index (Phi) is 6.71. The standard InChI is InChI=1S/C31H30ClFN6O2/c1-2-25(40)37-13-15-38(16-14-37)30-23-17-34-28(22-7-3-5-19-6-4-8-24(32)26(19)22)27(33)29(23)35-31(36-30)41-18-21-11-12-39(21)20-9-10-20/h2-8,17,20-21H,1,9-16,18H2. The van der Waals surface area contributed by atoms with E-state index in [0.29, 0.717) is 66.7 Å². The predicted molar refractivity (Wildman–Crippen MR) is 158 cm³/mol. The number of anilines is 1. The highest BCUT2D eigenvalue weighted by Gasteiger charge is 2.39. The Bertz CT molecular complexity index is 1660. The SMILES string of the molecule is C=CC(=O)N1CCN(c2nc(OCC3CCN3C3CC3)nc3c(F)c(-c4cccc5cccc(Cl)c45)ncc23)CC1. The number of halogens is 2. The zero-order valence-corrected chi connectivity index (χ0v) is 23.4. The molecule has 1 aliphatic carbocycles. The second-order valence-electron chi connectivity index (χ2n) is 10.9. The van der Waals surface area contributed by atoms with Crippen LogP contribution in [0.2, 0.25) is 5.02 Å². The molecule has 4 aromatic rings. The Balaban J connectivity index is 1.29. The molecule has 2 aliphatic heterocycles. The van der Waals surface area contributed by atoms with E-state index >= 15 is 4.39 Å². The van der Waals surface area contributed by atoms with E-state index < -0.39 is 5.82 Å². The number of amides is 1. The summed E-state index contributed by atoms with van der Waals surface area (Å²) in [6.45, 7) is 7.23. The van der Waals surface area contributed by atoms with Crippen LogP contribution in [0.3, 0.4) is 0 Å². The minimum atomic E-state index is -0.549. The number of hydrogen-bond donors (Lipinski definition) is 0. The maximum Gasteiger partial charge on any atom is 0.319 e. The number of benzene rings is 2. The summed E-state index contributed by atoms with van der Waals surface area (Å²) in [6, 6.07) is 12.4. The summed E-state index contributed by atoms with van der Waals surface area (Å²) >= 11 is 6.57. The fraction of sp³-hybridized carbons (Fsp3) is 0.355. The third kappa shape index (κ3) is 4.77. The summed E-state index contributed by atoms with van der Waals surface area (Å²) in [6.07, 6.45) is 6.51. The van der Waals surface area contributed by atoms with Crippen molar-refractivity contribution in [3.8, 4) is 17.3 Å². The highest BCUT2D eigenvalue weighted by molar-refractivity contribution is 6.36. The molecular formula is C31H30ClFN6O2. The van der Waals surface area contributed by atoms with E-state index in [1.54, 1.807) is 17.2 Å². The molecule has 3 fully saturated rings. The fourth-order valence-corrected chi connectivity index (χ4v) is 6.26. The van der Waals surface area contributed by atoms with Gasteiger partial charge in [-0.15, -0.1) is 0 Å². The number of hydrogen-bond acceptors (Lipinski definition) is 7. The van der Waals surface area contributed by atoms with Crippen molar-refractivity contribution in [2.45, 2.75) is 31.3 Å². The van der Waals surface area contributed by atoms with Gasteiger partial charge >= 0.3 is 6.01 Å². The molecule has 8 nitrogen and oxygen atoms in total. The number of nitrogens with zero attached hydrogens (tertiary/aromatic N) is 6. The van der Waals surface area contributed by atoms with Gasteiger partial charge in [0.05, 0.1) is 5.39 Å². The number of aromatic nitrogens is 3. The topological polar surface area (TPSA) is 74.7 Å². The van der Waals surface area contributed by atoms with Crippen molar-refractivity contribution >= 4 is 45.0 Å². The summed E-state index contributed by atoms with van der Waals surface area (Å²) in [5, 5.41) is 2.66. The Morgan fingerprint density at radius 2 is 1.85 bits per heavy atom. The molecule has 0 radical (unpaired) electrons. The Morgan fingerprint density at radius 1 is 1.07 bits per heavy atom. The molecule has 10 heteroatoms. The summed E-state index contributed by atoms with van der Waals surface area (Å²) in [4.78, 5) is 32.3. The first-order valence-electron chi connectivity index (χ1n) is 14.1. The molecule has 2 aromatic carbocycles. The second kappa shape index (κ2) is 10.5. The molecule has 7 rings (SSSR count). The molecule has 210 valence electrons. The summed E-state index contributed by atoms with van der Waals surface area (Å²) in [5.74, 6) is -0.0996. The molecule has 0 N–H and O–H groups in total. The molecule has 41 heavy (non-hydrogen) atoms. The smallest absolute Gasteiger partial charge is 0.319 e. The van der Waals surface area contributed by atoms with Crippen LogP contribution in [0.15, 0.2) is 55.3 Å². The van der Waals surface area contributed by atoms with E-state index in [9.17, 15) is 4.79 Å². The van der Waals surface area contributed by atoms with Gasteiger partial charge in [0.1, 0.15) is 23.6 Å². The molecular weight excluding hydrogens is 543 g/mol. The number of likely N-dealkylation sites (tertiary alicyclic amines) is 1. The number of rotatable bonds is 7. The maximum absolute atomic E-state index is 16.5. The molecule has 1 atom stereocenters. The lowest BCUT2D eigenvalue weighted by molar-refractivity contribution is -0.126. The quantitative estimate of drug-likeness (QED) is 0.286. The number of carbonyl (C=O) groups excluding carboxylic acids is 1. The van der Waals surface area contributed by atoms with Crippen molar-refractivity contribution in [3.63, 3.8) is 0 Å². The van der Waals surface area contributed by atoms with E-state index in [-0.39, 0.29) is 23.1 Å². The van der Waals surface area contributed by atoms with Crippen molar-refractivity contribution < 1.29 is 13.9 Å². The van der Waals surface area contributed by atoms with Gasteiger partial charge in [-0.05, 0) is 36.8 Å². The van der Waals surface area contributed by atoms with Crippen molar-refractivity contribution in [1.29, 1.82) is 0 Å². The van der Waals surface area contributed by atoms with E-state index in [4.69, 9.17) is 21.3 Å². The van der Waals surface area contributed by atoms with Gasteiger partial charge in [0, 0.05) is 67.0 Å². The number of ether oxygens (including phenoxy) is 1. The fourth-order valence-electron chi connectivity index (χ4n) is 5.97. The summed E-state index contributed by atoms with van der Waals surface area (Å²) < 4.78 is 22.6. The molecule has 4 heterocycles. The average molecular weight is 573 g/mol. The number of carbonyl (C=O) groups is 1. The average Bonchev–Trinajstić information content (AvgIpc) is 3.81. The van der Waals surface area contributed by atoms with Gasteiger partial charge in [-0.25, -0.2) is 4.39 Å². The van der Waals surface area contributed by atoms with Gasteiger partial charge in [-0.3, -0.25) is 14.7 Å². The first-order chi connectivity index (χ1) is 20.0. The van der Waals surface area contributed by atoms with Gasteiger partial charge in [0.15, 0.2) is 5.82 Å². The first-order valence-corrected chi connectivity index (χ1v) is 14.5. The number of fused-ring (bicyclic) bond motifs is 2. The number of pyridine rings is 1. The minimum absolute atomic E-state index is 0.104. The molecule has 3 aliphatic rings. The molecule has 2 aromatic heterocycles. The van der Waals surface area contributed by atoms with E-state index in [1.807, 2.05) is 35.2 Å². The largest absolute Gasteiger partial charge is 0.462 e. The Morgan fingerprint density at radius 3 is 2.56 bits per heavy atom. The van der Waals surface area contributed by atoms with Gasteiger partial charge in [0.25, 0.3) is 0 Å². The van der Waals surface area contributed by atoms with Gasteiger partial charge in [0.2, 0.25) is 5.91 Å². The highest BCUT2D eigenvalue weighted by atomic mass is 35.5. The minimum Gasteiger partial charge on any atom is -0.462 e. The molecule has 1 saturated carbocycles. The van der Waals surface area contributed by atoms with Crippen LogP contribution in [0.4, 0.5) is 10.2 Å². The van der Waals surface area contributed by atoms with Crippen LogP contribution in [0, 0.1) is 5.82 Å². The predicted octanol–water partition coefficient (Wildman–Crippen LogP) is 5.09. The van der Waals surface area contributed by atoms with E-state index in [0.717, 1.165) is 23.7 Å². The van der Waals surface area contributed by atoms with Gasteiger partial charge in [-0.1, -0.05) is 48.5 Å². The third-order valence-corrected chi connectivity index (χ3v) is 8.74. The Labute approximate surface area is 242 Å². The summed E-state index contributed by atoms with van der Waals surface area (Å²) in [5.41, 5.74) is 0.921. The number of piperazine rings is 1. The molecule has 0 bridgehead atoms. The molecule has 2 saturated heterocycles.